The van der Waals surface area contributed by atoms with Crippen LogP contribution in [0.1, 0.15) is 25.7 Å². The first-order valence-corrected chi connectivity index (χ1v) is 3.16. The Labute approximate surface area is 55.4 Å². The molecular weight excluding hydrogens is 116 g/mol. The van der Waals surface area contributed by atoms with Crippen molar-refractivity contribution in [2.24, 2.45) is 0 Å². The zero-order valence-electron chi connectivity index (χ0n) is 5.44. The molecule has 0 aromatic rings. The van der Waals surface area contributed by atoms with Crippen LogP contribution in [0.2, 0.25) is 0 Å². The lowest BCUT2D eigenvalue weighted by molar-refractivity contribution is -0.118. The smallest absolute Gasteiger partial charge is 0.238 e. The fourth-order valence-electron chi connectivity index (χ4n) is 0.587. The quantitative estimate of drug-likeness (QED) is 0.501. The molecule has 3 heteroatoms. The highest BCUT2D eigenvalue weighted by atomic mass is 16.1. The molecule has 0 rings (SSSR count). The second-order valence-electron chi connectivity index (χ2n) is 1.98. The predicted molar refractivity (Wildman–Crippen MR) is 34.5 cm³/mol. The van der Waals surface area contributed by atoms with Gasteiger partial charge in [-0.3, -0.25) is 16.3 Å². The van der Waals surface area contributed by atoms with Crippen molar-refractivity contribution in [2.45, 2.75) is 25.7 Å². The number of rotatable bonds is 5. The van der Waals surface area contributed by atoms with Crippen LogP contribution in [0.15, 0.2) is 0 Å². The number of amides is 1. The fourth-order valence-corrected chi connectivity index (χ4v) is 0.587. The minimum Gasteiger partial charge on any atom is -0.273 e. The molecule has 2 radical (unpaired) electrons. The average molecular weight is 128 g/mol. The van der Waals surface area contributed by atoms with Gasteiger partial charge in [0, 0.05) is 13.0 Å². The lowest BCUT2D eigenvalue weighted by atomic mass is 10.2. The van der Waals surface area contributed by atoms with E-state index in [-0.39, 0.29) is 0 Å². The molecule has 0 atom stereocenters. The van der Waals surface area contributed by atoms with E-state index in [4.69, 9.17) is 11.5 Å². The summed E-state index contributed by atoms with van der Waals surface area (Å²) in [4.78, 5) is 10.0. The van der Waals surface area contributed by atoms with Crippen LogP contribution in [0.5, 0.6) is 0 Å². The van der Waals surface area contributed by atoms with Gasteiger partial charge >= 0.3 is 0 Å². The van der Waals surface area contributed by atoms with Gasteiger partial charge in [-0.05, 0) is 12.8 Å². The third-order valence-corrected chi connectivity index (χ3v) is 1.08. The number of carbonyl (C=O) groups excluding carboxylic acids is 1. The molecule has 0 saturated heterocycles. The van der Waals surface area contributed by atoms with E-state index >= 15 is 0 Å². The molecule has 1 amide bonds. The lowest BCUT2D eigenvalue weighted by Crippen LogP contribution is -1.96. The number of unbranched alkanes of at least 4 members (excludes halogenated alkanes) is 2. The van der Waals surface area contributed by atoms with Gasteiger partial charge in [-0.2, -0.15) is 0 Å². The summed E-state index contributed by atoms with van der Waals surface area (Å²) >= 11 is 0. The van der Waals surface area contributed by atoms with Crippen LogP contribution in [-0.4, -0.2) is 12.5 Å². The molecule has 0 aliphatic rings. The number of hydrogen-bond acceptors (Lipinski definition) is 1. The number of nitrogens with one attached hydrogen (secondary N) is 2. The average Bonchev–Trinajstić information content (AvgIpc) is 1.80. The summed E-state index contributed by atoms with van der Waals surface area (Å²) in [7, 11) is 0. The van der Waals surface area contributed by atoms with E-state index < -0.39 is 5.91 Å². The van der Waals surface area contributed by atoms with E-state index in [1.165, 1.54) is 0 Å². The Morgan fingerprint density at radius 3 is 2.33 bits per heavy atom. The highest BCUT2D eigenvalue weighted by Gasteiger charge is 1.93. The monoisotopic (exact) mass is 128 g/mol. The third kappa shape index (κ3) is 7.43. The molecule has 3 nitrogen and oxygen atoms in total. The van der Waals surface area contributed by atoms with Crippen LogP contribution in [0.3, 0.4) is 0 Å². The summed E-state index contributed by atoms with van der Waals surface area (Å²) in [6.45, 7) is 0.437. The number of hydrogen-bond donors (Lipinski definition) is 0. The fraction of sp³-hybridized carbons (Fsp3) is 0.833. The van der Waals surface area contributed by atoms with Crippen LogP contribution in [-0.2, 0) is 4.79 Å². The predicted octanol–water partition coefficient (Wildman–Crippen LogP) is 0.639. The van der Waals surface area contributed by atoms with Gasteiger partial charge in [0.1, 0.15) is 0 Å². The van der Waals surface area contributed by atoms with Crippen molar-refractivity contribution < 1.29 is 4.79 Å². The maximum Gasteiger partial charge on any atom is 0.238 e. The maximum absolute atomic E-state index is 10.0. The summed E-state index contributed by atoms with van der Waals surface area (Å²) in [5, 5.41) is 0. The lowest BCUT2D eigenvalue weighted by Gasteiger charge is -1.92. The van der Waals surface area contributed by atoms with Crippen molar-refractivity contribution in [3.8, 4) is 0 Å². The summed E-state index contributed by atoms with van der Waals surface area (Å²) in [6, 6.07) is 0. The highest BCUT2D eigenvalue weighted by Crippen LogP contribution is 1.97. The Morgan fingerprint density at radius 1 is 1.22 bits per heavy atom. The zero-order valence-corrected chi connectivity index (χ0v) is 5.44. The van der Waals surface area contributed by atoms with E-state index in [9.17, 15) is 4.79 Å². The first kappa shape index (κ1) is 8.43. The first-order chi connectivity index (χ1) is 4.27. The minimum absolute atomic E-state index is 0.361. The maximum atomic E-state index is 10.0. The normalized spacial score (nSPS) is 9.44. The first-order valence-electron chi connectivity index (χ1n) is 3.16. The topological polar surface area (TPSA) is 64.7 Å². The van der Waals surface area contributed by atoms with Crippen molar-refractivity contribution in [2.75, 3.05) is 6.54 Å². The Kier molecular flexibility index (Phi) is 5.21. The Hall–Kier alpha value is -0.570. The molecule has 0 aromatic carbocycles. The molecule has 0 saturated carbocycles. The standard InChI is InChI=1S/C6H12N2O/c7-5-3-1-2-4-6(8)9/h7-8H,1-5H2. The van der Waals surface area contributed by atoms with Crippen LogP contribution >= 0.6 is 0 Å². The summed E-state index contributed by atoms with van der Waals surface area (Å²) in [5.41, 5.74) is 13.3. The van der Waals surface area contributed by atoms with Gasteiger partial charge in [0.15, 0.2) is 0 Å². The van der Waals surface area contributed by atoms with Crippen molar-refractivity contribution in [1.29, 1.82) is 0 Å². The summed E-state index contributed by atoms with van der Waals surface area (Å²) < 4.78 is 0. The van der Waals surface area contributed by atoms with Crippen LogP contribution < -0.4 is 11.5 Å². The Balaban J connectivity index is 2.83. The van der Waals surface area contributed by atoms with E-state index in [1.807, 2.05) is 0 Å². The van der Waals surface area contributed by atoms with Gasteiger partial charge in [-0.1, -0.05) is 6.42 Å². The van der Waals surface area contributed by atoms with Crippen molar-refractivity contribution in [3.05, 3.63) is 0 Å². The Morgan fingerprint density at radius 2 is 1.89 bits per heavy atom. The largest absolute Gasteiger partial charge is 0.273 e. The van der Waals surface area contributed by atoms with E-state index in [1.54, 1.807) is 0 Å². The van der Waals surface area contributed by atoms with Crippen molar-refractivity contribution in [3.63, 3.8) is 0 Å². The Bertz CT molecular complexity index is 83.1. The molecule has 0 fully saturated rings. The second-order valence-corrected chi connectivity index (χ2v) is 1.98. The van der Waals surface area contributed by atoms with E-state index in [0.717, 1.165) is 19.3 Å². The molecular formula is C6H12N2O. The second kappa shape index (κ2) is 5.56. The molecule has 2 N–H and O–H groups in total. The minimum atomic E-state index is -0.486. The number of carbonyl (C=O) groups is 1. The molecule has 0 spiro atoms. The molecule has 0 aliphatic heterocycles. The van der Waals surface area contributed by atoms with Crippen molar-refractivity contribution in [1.82, 2.24) is 11.5 Å². The van der Waals surface area contributed by atoms with Crippen LogP contribution in [0.25, 0.3) is 0 Å². The van der Waals surface area contributed by atoms with Gasteiger partial charge in [0.05, 0.1) is 0 Å². The van der Waals surface area contributed by atoms with Gasteiger partial charge in [0.2, 0.25) is 5.91 Å². The van der Waals surface area contributed by atoms with Crippen molar-refractivity contribution >= 4 is 5.91 Å². The molecule has 0 unspecified atom stereocenters. The van der Waals surface area contributed by atoms with Gasteiger partial charge < -0.3 is 0 Å². The molecule has 0 bridgehead atoms. The van der Waals surface area contributed by atoms with Gasteiger partial charge in [-0.25, -0.2) is 0 Å². The van der Waals surface area contributed by atoms with Crippen LogP contribution in [0, 0.1) is 0 Å². The third-order valence-electron chi connectivity index (χ3n) is 1.08. The van der Waals surface area contributed by atoms with E-state index in [0.29, 0.717) is 13.0 Å². The van der Waals surface area contributed by atoms with Crippen LogP contribution in [0.4, 0.5) is 0 Å². The summed E-state index contributed by atoms with van der Waals surface area (Å²) in [6.07, 6.45) is 2.91. The molecule has 0 heterocycles. The van der Waals surface area contributed by atoms with Gasteiger partial charge in [-0.15, -0.1) is 0 Å². The van der Waals surface area contributed by atoms with Gasteiger partial charge in [0.25, 0.3) is 0 Å². The van der Waals surface area contributed by atoms with E-state index in [2.05, 4.69) is 0 Å². The molecule has 0 aliphatic carbocycles. The molecule has 9 heavy (non-hydrogen) atoms. The highest BCUT2D eigenvalue weighted by molar-refractivity contribution is 5.72. The SMILES string of the molecule is [NH]CCCCCC([NH])=O. The molecule has 0 aromatic heterocycles. The summed E-state index contributed by atoms with van der Waals surface area (Å²) in [5.74, 6) is -0.486. The molecule has 52 valence electrons. The zero-order chi connectivity index (χ0) is 7.11.